The maximum atomic E-state index is 12.5. The predicted octanol–water partition coefficient (Wildman–Crippen LogP) is 3.63. The van der Waals surface area contributed by atoms with Gasteiger partial charge in [-0.2, -0.15) is 4.98 Å². The number of urea groups is 1. The molecule has 3 aromatic rings. The van der Waals surface area contributed by atoms with Gasteiger partial charge in [0.1, 0.15) is 6.04 Å². The molecule has 2 amide bonds. The number of carbonyl (C=O) groups is 2. The molecule has 0 saturated heterocycles. The van der Waals surface area contributed by atoms with Crippen LogP contribution in [0.25, 0.3) is 11.4 Å². The molecule has 8 nitrogen and oxygen atoms in total. The largest absolute Gasteiger partial charge is 0.454 e. The summed E-state index contributed by atoms with van der Waals surface area (Å²) < 4.78 is 10.4. The van der Waals surface area contributed by atoms with E-state index in [0.717, 1.165) is 5.56 Å². The standard InChI is InChI=1S/C21H22N4O4/c1-14(2)18(24-21(27)22-16-11-7-4-8-12-16)20(26)28-13-17-23-19(25-29-17)15-9-5-3-6-10-15/h3-12,14,18H,13H2,1-2H3,(H2,22,24,27). The Morgan fingerprint density at radius 3 is 2.34 bits per heavy atom. The number of rotatable bonds is 7. The Hall–Kier alpha value is -3.68. The highest BCUT2D eigenvalue weighted by molar-refractivity contribution is 5.92. The highest BCUT2D eigenvalue weighted by atomic mass is 16.6. The van der Waals surface area contributed by atoms with E-state index in [1.54, 1.807) is 24.3 Å². The number of benzene rings is 2. The first-order valence-corrected chi connectivity index (χ1v) is 9.20. The van der Waals surface area contributed by atoms with Crippen LogP contribution in [-0.4, -0.2) is 28.2 Å². The predicted molar refractivity (Wildman–Crippen MR) is 107 cm³/mol. The second-order valence-corrected chi connectivity index (χ2v) is 6.67. The van der Waals surface area contributed by atoms with Gasteiger partial charge in [0.05, 0.1) is 0 Å². The van der Waals surface area contributed by atoms with E-state index in [2.05, 4.69) is 20.8 Å². The third kappa shape index (κ3) is 5.65. The van der Waals surface area contributed by atoms with Gasteiger partial charge in [0.2, 0.25) is 5.82 Å². The summed E-state index contributed by atoms with van der Waals surface area (Å²) in [5, 5.41) is 9.20. The molecule has 2 aromatic carbocycles. The number of aromatic nitrogens is 2. The number of anilines is 1. The van der Waals surface area contributed by atoms with Gasteiger partial charge in [-0.1, -0.05) is 67.5 Å². The third-order valence-electron chi connectivity index (χ3n) is 4.08. The van der Waals surface area contributed by atoms with Gasteiger partial charge in [-0.25, -0.2) is 9.59 Å². The lowest BCUT2D eigenvalue weighted by Gasteiger charge is -2.20. The maximum Gasteiger partial charge on any atom is 0.329 e. The Balaban J connectivity index is 1.56. The van der Waals surface area contributed by atoms with Crippen molar-refractivity contribution >= 4 is 17.7 Å². The van der Waals surface area contributed by atoms with Crippen LogP contribution < -0.4 is 10.6 Å². The molecule has 8 heteroatoms. The first-order chi connectivity index (χ1) is 14.0. The zero-order chi connectivity index (χ0) is 20.6. The molecule has 0 aliphatic rings. The summed E-state index contributed by atoms with van der Waals surface area (Å²) in [4.78, 5) is 28.9. The monoisotopic (exact) mass is 394 g/mol. The van der Waals surface area contributed by atoms with Crippen molar-refractivity contribution in [2.75, 3.05) is 5.32 Å². The molecule has 29 heavy (non-hydrogen) atoms. The Bertz CT molecular complexity index is 942. The van der Waals surface area contributed by atoms with E-state index in [1.165, 1.54) is 0 Å². The normalized spacial score (nSPS) is 11.7. The minimum absolute atomic E-state index is 0.174. The lowest BCUT2D eigenvalue weighted by atomic mass is 10.1. The van der Waals surface area contributed by atoms with Crippen LogP contribution in [0.4, 0.5) is 10.5 Å². The summed E-state index contributed by atoms with van der Waals surface area (Å²) in [6, 6.07) is 17.0. The molecular formula is C21H22N4O4. The molecule has 0 radical (unpaired) electrons. The molecule has 0 spiro atoms. The van der Waals surface area contributed by atoms with Crippen LogP contribution in [0.3, 0.4) is 0 Å². The van der Waals surface area contributed by atoms with Crippen molar-refractivity contribution in [1.82, 2.24) is 15.5 Å². The van der Waals surface area contributed by atoms with Crippen LogP contribution in [0.2, 0.25) is 0 Å². The minimum atomic E-state index is -0.824. The number of hydrogen-bond acceptors (Lipinski definition) is 6. The molecule has 0 bridgehead atoms. The fourth-order valence-corrected chi connectivity index (χ4v) is 2.57. The maximum absolute atomic E-state index is 12.5. The number of amides is 2. The van der Waals surface area contributed by atoms with E-state index in [0.29, 0.717) is 11.5 Å². The zero-order valence-electron chi connectivity index (χ0n) is 16.2. The van der Waals surface area contributed by atoms with Gasteiger partial charge in [-0.05, 0) is 18.1 Å². The minimum Gasteiger partial charge on any atom is -0.454 e. The summed E-state index contributed by atoms with van der Waals surface area (Å²) in [6.07, 6.45) is 0. The van der Waals surface area contributed by atoms with Gasteiger partial charge >= 0.3 is 12.0 Å². The van der Waals surface area contributed by atoms with Gasteiger partial charge in [-0.3, -0.25) is 0 Å². The van der Waals surface area contributed by atoms with Crippen LogP contribution in [-0.2, 0) is 16.1 Å². The average molecular weight is 394 g/mol. The lowest BCUT2D eigenvalue weighted by molar-refractivity contribution is -0.149. The Kier molecular flexibility index (Phi) is 6.57. The van der Waals surface area contributed by atoms with Crippen molar-refractivity contribution < 1.29 is 18.8 Å². The molecule has 0 aliphatic carbocycles. The fourth-order valence-electron chi connectivity index (χ4n) is 2.57. The Morgan fingerprint density at radius 2 is 1.69 bits per heavy atom. The number of hydrogen-bond donors (Lipinski definition) is 2. The number of carbonyl (C=O) groups excluding carboxylic acids is 2. The van der Waals surface area contributed by atoms with Crippen molar-refractivity contribution in [2.45, 2.75) is 26.5 Å². The molecule has 1 aromatic heterocycles. The van der Waals surface area contributed by atoms with Crippen molar-refractivity contribution in [2.24, 2.45) is 5.92 Å². The highest BCUT2D eigenvalue weighted by Crippen LogP contribution is 2.15. The molecule has 1 unspecified atom stereocenters. The van der Waals surface area contributed by atoms with E-state index in [-0.39, 0.29) is 18.4 Å². The molecule has 150 valence electrons. The molecule has 1 heterocycles. The number of nitrogens with one attached hydrogen (secondary N) is 2. The van der Waals surface area contributed by atoms with Crippen LogP contribution in [0.1, 0.15) is 19.7 Å². The number of esters is 1. The first kappa shape index (κ1) is 20.1. The second-order valence-electron chi connectivity index (χ2n) is 6.67. The summed E-state index contributed by atoms with van der Waals surface area (Å²) in [5.41, 5.74) is 1.42. The van der Waals surface area contributed by atoms with Crippen molar-refractivity contribution in [1.29, 1.82) is 0 Å². The van der Waals surface area contributed by atoms with Crippen molar-refractivity contribution in [3.05, 3.63) is 66.6 Å². The zero-order valence-corrected chi connectivity index (χ0v) is 16.2. The Morgan fingerprint density at radius 1 is 1.03 bits per heavy atom. The topological polar surface area (TPSA) is 106 Å². The highest BCUT2D eigenvalue weighted by Gasteiger charge is 2.26. The Labute approximate surface area is 168 Å². The van der Waals surface area contributed by atoms with E-state index in [4.69, 9.17) is 9.26 Å². The van der Waals surface area contributed by atoms with Crippen LogP contribution in [0, 0.1) is 5.92 Å². The quantitative estimate of drug-likeness (QED) is 0.593. The first-order valence-electron chi connectivity index (χ1n) is 9.20. The summed E-state index contributed by atoms with van der Waals surface area (Å²) in [7, 11) is 0. The molecular weight excluding hydrogens is 372 g/mol. The van der Waals surface area contributed by atoms with E-state index < -0.39 is 18.0 Å². The van der Waals surface area contributed by atoms with E-state index in [9.17, 15) is 9.59 Å². The van der Waals surface area contributed by atoms with Crippen LogP contribution in [0.5, 0.6) is 0 Å². The van der Waals surface area contributed by atoms with Gasteiger partial charge in [0.15, 0.2) is 6.61 Å². The molecule has 3 rings (SSSR count). The molecule has 1 atom stereocenters. The summed E-state index contributed by atoms with van der Waals surface area (Å²) in [6.45, 7) is 3.45. The summed E-state index contributed by atoms with van der Waals surface area (Å²) in [5.74, 6) is -0.167. The van der Waals surface area contributed by atoms with Gasteiger partial charge < -0.3 is 19.9 Å². The second kappa shape index (κ2) is 9.50. The third-order valence-corrected chi connectivity index (χ3v) is 4.08. The van der Waals surface area contributed by atoms with Gasteiger partial charge in [0.25, 0.3) is 5.89 Å². The molecule has 0 aliphatic heterocycles. The van der Waals surface area contributed by atoms with Crippen LogP contribution in [0.15, 0.2) is 65.2 Å². The smallest absolute Gasteiger partial charge is 0.329 e. The van der Waals surface area contributed by atoms with E-state index in [1.807, 2.05) is 50.2 Å². The average Bonchev–Trinajstić information content (AvgIpc) is 3.20. The number of para-hydroxylation sites is 1. The van der Waals surface area contributed by atoms with Crippen molar-refractivity contribution in [3.63, 3.8) is 0 Å². The van der Waals surface area contributed by atoms with Crippen molar-refractivity contribution in [3.8, 4) is 11.4 Å². The van der Waals surface area contributed by atoms with Gasteiger partial charge in [0, 0.05) is 11.3 Å². The number of ether oxygens (including phenoxy) is 1. The molecule has 0 fully saturated rings. The molecule has 0 saturated carbocycles. The van der Waals surface area contributed by atoms with E-state index >= 15 is 0 Å². The lowest BCUT2D eigenvalue weighted by Crippen LogP contribution is -2.47. The SMILES string of the molecule is CC(C)C(NC(=O)Nc1ccccc1)C(=O)OCc1nc(-c2ccccc2)no1. The van der Waals surface area contributed by atoms with Gasteiger partial charge in [-0.15, -0.1) is 0 Å². The molecule has 2 N–H and O–H groups in total. The summed E-state index contributed by atoms with van der Waals surface area (Å²) >= 11 is 0. The number of nitrogens with zero attached hydrogens (tertiary/aromatic N) is 2. The van der Waals surface area contributed by atoms with Crippen LogP contribution >= 0.6 is 0 Å². The fraction of sp³-hybridized carbons (Fsp3) is 0.238.